The molecule has 2 heterocycles. The van der Waals surface area contributed by atoms with Gasteiger partial charge >= 0.3 is 5.97 Å². The fourth-order valence-electron chi connectivity index (χ4n) is 5.11. The maximum absolute atomic E-state index is 12.0. The lowest BCUT2D eigenvalue weighted by atomic mass is 9.90. The zero-order valence-corrected chi connectivity index (χ0v) is 21.0. The SMILES string of the molecule is Cc1oc(-c2ccccc2)nc1CCOc1cccc(C[C@H]2CN(Cc3ccccc3)C[C@@H]2C(=O)O)c1. The molecule has 1 saturated heterocycles. The van der Waals surface area contributed by atoms with Gasteiger partial charge in [-0.2, -0.15) is 0 Å². The van der Waals surface area contributed by atoms with E-state index in [4.69, 9.17) is 9.15 Å². The van der Waals surface area contributed by atoms with Crippen molar-refractivity contribution in [1.29, 1.82) is 0 Å². The Balaban J connectivity index is 1.18. The normalized spacial score (nSPS) is 17.6. The van der Waals surface area contributed by atoms with Crippen LogP contribution in [-0.2, 0) is 24.2 Å². The zero-order chi connectivity index (χ0) is 25.6. The monoisotopic (exact) mass is 496 g/mol. The Morgan fingerprint density at radius 3 is 2.49 bits per heavy atom. The summed E-state index contributed by atoms with van der Waals surface area (Å²) >= 11 is 0. The van der Waals surface area contributed by atoms with E-state index < -0.39 is 5.97 Å². The topological polar surface area (TPSA) is 75.8 Å². The van der Waals surface area contributed by atoms with E-state index in [0.29, 0.717) is 31.9 Å². The van der Waals surface area contributed by atoms with Crippen LogP contribution >= 0.6 is 0 Å². The van der Waals surface area contributed by atoms with Crippen LogP contribution in [0.1, 0.15) is 22.6 Å². The van der Waals surface area contributed by atoms with Gasteiger partial charge in [0.15, 0.2) is 0 Å². The second-order valence-electron chi connectivity index (χ2n) is 9.72. The van der Waals surface area contributed by atoms with E-state index in [1.165, 1.54) is 5.56 Å². The highest BCUT2D eigenvalue weighted by molar-refractivity contribution is 5.71. The third-order valence-corrected chi connectivity index (χ3v) is 7.00. The Hall–Kier alpha value is -3.90. The standard InChI is InChI=1S/C31H32N2O4/c1-22-29(32-30(37-22)25-12-6-3-7-13-25)15-16-36-27-14-8-11-24(18-27)17-26-20-33(21-28(26)31(34)35)19-23-9-4-2-5-10-23/h2-14,18,26,28H,15-17,19-21H2,1H3,(H,34,35)/t26-,28-/m0/s1. The first-order valence-electron chi connectivity index (χ1n) is 12.8. The molecule has 0 amide bonds. The van der Waals surface area contributed by atoms with Gasteiger partial charge < -0.3 is 14.3 Å². The minimum Gasteiger partial charge on any atom is -0.493 e. The Kier molecular flexibility index (Phi) is 7.66. The second-order valence-corrected chi connectivity index (χ2v) is 9.72. The van der Waals surface area contributed by atoms with Gasteiger partial charge in [0.1, 0.15) is 11.5 Å². The van der Waals surface area contributed by atoms with Crippen LogP contribution in [0.25, 0.3) is 11.5 Å². The van der Waals surface area contributed by atoms with Crippen LogP contribution in [0.2, 0.25) is 0 Å². The molecule has 190 valence electrons. The predicted molar refractivity (Wildman–Crippen MR) is 142 cm³/mol. The molecule has 6 nitrogen and oxygen atoms in total. The van der Waals surface area contributed by atoms with Gasteiger partial charge in [-0.3, -0.25) is 9.69 Å². The van der Waals surface area contributed by atoms with Gasteiger partial charge in [-0.25, -0.2) is 4.98 Å². The van der Waals surface area contributed by atoms with Crippen LogP contribution in [0, 0.1) is 18.8 Å². The lowest BCUT2D eigenvalue weighted by molar-refractivity contribution is -0.142. The number of aryl methyl sites for hydroxylation is 1. The summed E-state index contributed by atoms with van der Waals surface area (Å²) in [5.41, 5.74) is 4.16. The molecule has 4 aromatic rings. The molecule has 37 heavy (non-hydrogen) atoms. The highest BCUT2D eigenvalue weighted by atomic mass is 16.5. The van der Waals surface area contributed by atoms with E-state index in [2.05, 4.69) is 28.1 Å². The van der Waals surface area contributed by atoms with Crippen LogP contribution in [0.15, 0.2) is 89.3 Å². The molecule has 0 radical (unpaired) electrons. The number of rotatable bonds is 10. The van der Waals surface area contributed by atoms with Gasteiger partial charge in [-0.15, -0.1) is 0 Å². The van der Waals surface area contributed by atoms with Crippen LogP contribution in [-0.4, -0.2) is 40.7 Å². The van der Waals surface area contributed by atoms with Crippen LogP contribution in [0.4, 0.5) is 0 Å². The van der Waals surface area contributed by atoms with Gasteiger partial charge in [0, 0.05) is 31.6 Å². The lowest BCUT2D eigenvalue weighted by Gasteiger charge is -2.16. The molecule has 1 N–H and O–H groups in total. The van der Waals surface area contributed by atoms with Gasteiger partial charge in [-0.1, -0.05) is 60.7 Å². The van der Waals surface area contributed by atoms with Crippen molar-refractivity contribution in [3.8, 4) is 17.2 Å². The van der Waals surface area contributed by atoms with E-state index in [1.807, 2.05) is 73.7 Å². The smallest absolute Gasteiger partial charge is 0.308 e. The van der Waals surface area contributed by atoms with Crippen LogP contribution in [0.5, 0.6) is 5.75 Å². The number of nitrogens with zero attached hydrogens (tertiary/aromatic N) is 2. The third-order valence-electron chi connectivity index (χ3n) is 7.00. The molecule has 3 aromatic carbocycles. The fraction of sp³-hybridized carbons (Fsp3) is 0.290. The summed E-state index contributed by atoms with van der Waals surface area (Å²) in [7, 11) is 0. The molecule has 1 aliphatic rings. The summed E-state index contributed by atoms with van der Waals surface area (Å²) in [6.45, 7) is 4.53. The molecule has 6 heteroatoms. The molecule has 0 unspecified atom stereocenters. The highest BCUT2D eigenvalue weighted by Crippen LogP contribution is 2.29. The maximum Gasteiger partial charge on any atom is 0.308 e. The molecule has 1 aromatic heterocycles. The van der Waals surface area contributed by atoms with Gasteiger partial charge in [-0.05, 0) is 54.7 Å². The van der Waals surface area contributed by atoms with Gasteiger partial charge in [0.05, 0.1) is 18.2 Å². The number of ether oxygens (including phenoxy) is 1. The number of hydrogen-bond donors (Lipinski definition) is 1. The van der Waals surface area contributed by atoms with E-state index in [9.17, 15) is 9.90 Å². The molecule has 2 atom stereocenters. The molecule has 0 saturated carbocycles. The number of likely N-dealkylation sites (tertiary alicyclic amines) is 1. The average Bonchev–Trinajstić information content (AvgIpc) is 3.48. The fourth-order valence-corrected chi connectivity index (χ4v) is 5.11. The molecule has 1 aliphatic heterocycles. The molecular formula is C31H32N2O4. The lowest BCUT2D eigenvalue weighted by Crippen LogP contribution is -2.24. The minimum atomic E-state index is -0.717. The average molecular weight is 497 g/mol. The molecule has 0 spiro atoms. The second kappa shape index (κ2) is 11.4. The molecular weight excluding hydrogens is 464 g/mol. The zero-order valence-electron chi connectivity index (χ0n) is 21.0. The van der Waals surface area contributed by atoms with E-state index in [-0.39, 0.29) is 11.8 Å². The quantitative estimate of drug-likeness (QED) is 0.306. The van der Waals surface area contributed by atoms with Crippen molar-refractivity contribution in [2.75, 3.05) is 19.7 Å². The summed E-state index contributed by atoms with van der Waals surface area (Å²) in [4.78, 5) is 18.9. The van der Waals surface area contributed by atoms with Crippen molar-refractivity contribution in [3.63, 3.8) is 0 Å². The van der Waals surface area contributed by atoms with Crippen molar-refractivity contribution in [2.45, 2.75) is 26.3 Å². The van der Waals surface area contributed by atoms with Gasteiger partial charge in [0.2, 0.25) is 5.89 Å². The number of benzene rings is 3. The number of hydrogen-bond acceptors (Lipinski definition) is 5. The number of carboxylic acids is 1. The summed E-state index contributed by atoms with van der Waals surface area (Å²) in [6.07, 6.45) is 1.35. The molecule has 5 rings (SSSR count). The van der Waals surface area contributed by atoms with Crippen molar-refractivity contribution in [3.05, 3.63) is 108 Å². The number of carboxylic acid groups (broad SMARTS) is 1. The van der Waals surface area contributed by atoms with Crippen LogP contribution in [0.3, 0.4) is 0 Å². The number of aliphatic carboxylic acids is 1. The first-order chi connectivity index (χ1) is 18.0. The van der Waals surface area contributed by atoms with Crippen LogP contribution < -0.4 is 4.74 Å². The summed E-state index contributed by atoms with van der Waals surface area (Å²) in [5.74, 6) is 1.19. The predicted octanol–water partition coefficient (Wildman–Crippen LogP) is 5.65. The largest absolute Gasteiger partial charge is 0.493 e. The first-order valence-corrected chi connectivity index (χ1v) is 12.8. The van der Waals surface area contributed by atoms with E-state index in [1.54, 1.807) is 0 Å². The summed E-state index contributed by atoms with van der Waals surface area (Å²) in [5, 5.41) is 9.86. The maximum atomic E-state index is 12.0. The highest BCUT2D eigenvalue weighted by Gasteiger charge is 2.37. The number of carbonyl (C=O) groups is 1. The van der Waals surface area contributed by atoms with E-state index in [0.717, 1.165) is 41.4 Å². The number of oxazole rings is 1. The van der Waals surface area contributed by atoms with E-state index >= 15 is 0 Å². The Morgan fingerprint density at radius 2 is 1.73 bits per heavy atom. The van der Waals surface area contributed by atoms with Gasteiger partial charge in [0.25, 0.3) is 0 Å². The van der Waals surface area contributed by atoms with Crippen molar-refractivity contribution in [2.24, 2.45) is 11.8 Å². The molecule has 0 aliphatic carbocycles. The van der Waals surface area contributed by atoms with Crippen molar-refractivity contribution < 1.29 is 19.1 Å². The minimum absolute atomic E-state index is 0.0608. The third kappa shape index (κ3) is 6.27. The van der Waals surface area contributed by atoms with Crippen molar-refractivity contribution in [1.82, 2.24) is 9.88 Å². The molecule has 0 bridgehead atoms. The summed E-state index contributed by atoms with van der Waals surface area (Å²) in [6, 6.07) is 28.1. The summed E-state index contributed by atoms with van der Waals surface area (Å²) < 4.78 is 11.9. The molecule has 1 fully saturated rings. The number of aromatic nitrogens is 1. The Labute approximate surface area is 217 Å². The van der Waals surface area contributed by atoms with Crippen molar-refractivity contribution >= 4 is 5.97 Å². The first kappa shape index (κ1) is 24.8. The Morgan fingerprint density at radius 1 is 1.00 bits per heavy atom. The Bertz CT molecular complexity index is 1320.